The summed E-state index contributed by atoms with van der Waals surface area (Å²) in [5.74, 6) is -0.530. The highest BCUT2D eigenvalue weighted by atomic mass is 16.5. The van der Waals surface area contributed by atoms with Gasteiger partial charge < -0.3 is 24.4 Å². The number of amides is 2. The average Bonchev–Trinajstić information content (AvgIpc) is 2.70. The minimum absolute atomic E-state index is 0.144. The molecule has 0 aromatic heterocycles. The van der Waals surface area contributed by atoms with Gasteiger partial charge in [0.2, 0.25) is 5.91 Å². The fraction of sp³-hybridized carbons (Fsp3) is 0.550. The third kappa shape index (κ3) is 5.15. The molecule has 1 aromatic rings. The Balaban J connectivity index is 2.04. The molecule has 8 heteroatoms. The Morgan fingerprint density at radius 2 is 1.64 bits per heavy atom. The summed E-state index contributed by atoms with van der Waals surface area (Å²) in [7, 11) is 3.05. The number of aliphatic carboxylic acids is 1. The van der Waals surface area contributed by atoms with Gasteiger partial charge in [-0.15, -0.1) is 0 Å². The molecular formula is C20H28N2O6. The molecule has 1 fully saturated rings. The minimum atomic E-state index is -1.03. The zero-order valence-corrected chi connectivity index (χ0v) is 16.8. The lowest BCUT2D eigenvalue weighted by atomic mass is 9.94. The van der Waals surface area contributed by atoms with Crippen molar-refractivity contribution in [3.8, 4) is 11.5 Å². The van der Waals surface area contributed by atoms with Crippen LogP contribution >= 0.6 is 0 Å². The molecule has 1 aliphatic heterocycles. The Morgan fingerprint density at radius 3 is 2.07 bits per heavy atom. The molecule has 1 heterocycles. The van der Waals surface area contributed by atoms with Gasteiger partial charge in [-0.1, -0.05) is 0 Å². The van der Waals surface area contributed by atoms with Crippen LogP contribution in [0.5, 0.6) is 11.5 Å². The van der Waals surface area contributed by atoms with Gasteiger partial charge in [0.05, 0.1) is 14.2 Å². The van der Waals surface area contributed by atoms with Crippen LogP contribution in [0, 0.1) is 5.92 Å². The van der Waals surface area contributed by atoms with Gasteiger partial charge in [-0.05, 0) is 38.8 Å². The number of carboxylic acids is 1. The molecule has 1 aliphatic rings. The number of piperidine rings is 1. The van der Waals surface area contributed by atoms with E-state index in [1.165, 1.54) is 19.1 Å². The first-order valence-electron chi connectivity index (χ1n) is 9.31. The number of methoxy groups -OCH3 is 2. The van der Waals surface area contributed by atoms with Crippen molar-refractivity contribution >= 4 is 17.8 Å². The van der Waals surface area contributed by atoms with Gasteiger partial charge >= 0.3 is 5.97 Å². The van der Waals surface area contributed by atoms with Crippen molar-refractivity contribution in [3.63, 3.8) is 0 Å². The summed E-state index contributed by atoms with van der Waals surface area (Å²) in [5, 5.41) is 9.04. The summed E-state index contributed by atoms with van der Waals surface area (Å²) < 4.78 is 10.4. The van der Waals surface area contributed by atoms with E-state index in [9.17, 15) is 14.4 Å². The van der Waals surface area contributed by atoms with E-state index in [0.29, 0.717) is 43.0 Å². The zero-order chi connectivity index (χ0) is 20.8. The lowest BCUT2D eigenvalue weighted by Gasteiger charge is -2.35. The summed E-state index contributed by atoms with van der Waals surface area (Å²) in [6.45, 7) is 4.17. The van der Waals surface area contributed by atoms with Crippen LogP contribution in [0.25, 0.3) is 0 Å². The lowest BCUT2D eigenvalue weighted by molar-refractivity contribution is -0.148. The molecule has 0 saturated carbocycles. The summed E-state index contributed by atoms with van der Waals surface area (Å²) in [4.78, 5) is 39.7. The number of carbonyl (C=O) groups is 3. The molecule has 28 heavy (non-hydrogen) atoms. The van der Waals surface area contributed by atoms with Crippen LogP contribution in [0.4, 0.5) is 0 Å². The third-order valence-electron chi connectivity index (χ3n) is 4.94. The van der Waals surface area contributed by atoms with Crippen molar-refractivity contribution in [2.24, 2.45) is 5.92 Å². The standard InChI is InChI=1S/C20H28N2O6/c1-13(2)22(12-18(23)24)20(26)14-5-7-21(8-6-14)19(25)15-9-16(27-3)11-17(10-15)28-4/h9-11,13-14H,5-8,12H2,1-4H3,(H,23,24). The van der Waals surface area contributed by atoms with Crippen LogP contribution in [0.1, 0.15) is 37.0 Å². The van der Waals surface area contributed by atoms with Crippen LogP contribution in [-0.4, -0.2) is 72.6 Å². The van der Waals surface area contributed by atoms with Gasteiger partial charge in [0.1, 0.15) is 18.0 Å². The smallest absolute Gasteiger partial charge is 0.323 e. The molecule has 0 aliphatic carbocycles. The van der Waals surface area contributed by atoms with Gasteiger partial charge in [-0.3, -0.25) is 14.4 Å². The number of ether oxygens (including phenoxy) is 2. The molecular weight excluding hydrogens is 364 g/mol. The quantitative estimate of drug-likeness (QED) is 0.761. The summed E-state index contributed by atoms with van der Waals surface area (Å²) in [6, 6.07) is 4.84. The van der Waals surface area contributed by atoms with Gasteiger partial charge in [0, 0.05) is 36.7 Å². The van der Waals surface area contributed by atoms with Gasteiger partial charge in [-0.2, -0.15) is 0 Å². The molecule has 0 bridgehead atoms. The van der Waals surface area contributed by atoms with E-state index in [1.807, 2.05) is 0 Å². The highest BCUT2D eigenvalue weighted by Crippen LogP contribution is 2.26. The highest BCUT2D eigenvalue weighted by molar-refractivity contribution is 5.95. The van der Waals surface area contributed by atoms with Crippen LogP contribution in [0.2, 0.25) is 0 Å². The Labute approximate surface area is 165 Å². The summed E-state index contributed by atoms with van der Waals surface area (Å²) in [6.07, 6.45) is 1.02. The fourth-order valence-corrected chi connectivity index (χ4v) is 3.34. The highest BCUT2D eigenvalue weighted by Gasteiger charge is 2.32. The van der Waals surface area contributed by atoms with E-state index >= 15 is 0 Å². The van der Waals surface area contributed by atoms with E-state index in [4.69, 9.17) is 14.6 Å². The van der Waals surface area contributed by atoms with Gasteiger partial charge in [0.25, 0.3) is 5.91 Å². The van der Waals surface area contributed by atoms with Crippen LogP contribution in [0.15, 0.2) is 18.2 Å². The van der Waals surface area contributed by atoms with Crippen molar-refractivity contribution in [1.82, 2.24) is 9.80 Å². The van der Waals surface area contributed by atoms with Crippen molar-refractivity contribution in [1.29, 1.82) is 0 Å². The first kappa shape index (κ1) is 21.5. The van der Waals surface area contributed by atoms with Gasteiger partial charge in [-0.25, -0.2) is 0 Å². The maximum absolute atomic E-state index is 12.8. The number of nitrogens with zero attached hydrogens (tertiary/aromatic N) is 2. The SMILES string of the molecule is COc1cc(OC)cc(C(=O)N2CCC(C(=O)N(CC(=O)O)C(C)C)CC2)c1. The molecule has 0 unspecified atom stereocenters. The topological polar surface area (TPSA) is 96.4 Å². The summed E-state index contributed by atoms with van der Waals surface area (Å²) >= 11 is 0. The molecule has 8 nitrogen and oxygen atoms in total. The maximum atomic E-state index is 12.8. The van der Waals surface area contributed by atoms with Crippen molar-refractivity contribution < 1.29 is 29.0 Å². The Morgan fingerprint density at radius 1 is 1.11 bits per heavy atom. The lowest BCUT2D eigenvalue weighted by Crippen LogP contribution is -2.48. The fourth-order valence-electron chi connectivity index (χ4n) is 3.34. The monoisotopic (exact) mass is 392 g/mol. The molecule has 0 spiro atoms. The Hall–Kier alpha value is -2.77. The number of carboxylic acid groups (broad SMARTS) is 1. The second-order valence-corrected chi connectivity index (χ2v) is 7.12. The van der Waals surface area contributed by atoms with Crippen molar-refractivity contribution in [2.75, 3.05) is 33.9 Å². The van der Waals surface area contributed by atoms with Crippen molar-refractivity contribution in [2.45, 2.75) is 32.7 Å². The summed E-state index contributed by atoms with van der Waals surface area (Å²) in [5.41, 5.74) is 0.468. The van der Waals surface area contributed by atoms with E-state index in [-0.39, 0.29) is 30.3 Å². The predicted molar refractivity (Wildman–Crippen MR) is 103 cm³/mol. The predicted octanol–water partition coefficient (Wildman–Crippen LogP) is 1.88. The molecule has 0 radical (unpaired) electrons. The number of carbonyl (C=O) groups excluding carboxylic acids is 2. The normalized spacial score (nSPS) is 14.7. The minimum Gasteiger partial charge on any atom is -0.497 e. The van der Waals surface area contributed by atoms with E-state index < -0.39 is 5.97 Å². The average molecular weight is 392 g/mol. The molecule has 0 atom stereocenters. The van der Waals surface area contributed by atoms with Gasteiger partial charge in [0.15, 0.2) is 0 Å². The van der Waals surface area contributed by atoms with E-state index in [2.05, 4.69) is 0 Å². The second-order valence-electron chi connectivity index (χ2n) is 7.12. The number of hydrogen-bond acceptors (Lipinski definition) is 5. The van der Waals surface area contributed by atoms with Crippen LogP contribution < -0.4 is 9.47 Å². The molecule has 1 saturated heterocycles. The number of benzene rings is 1. The molecule has 1 aromatic carbocycles. The molecule has 1 N–H and O–H groups in total. The molecule has 154 valence electrons. The third-order valence-corrected chi connectivity index (χ3v) is 4.94. The first-order chi connectivity index (χ1) is 13.3. The number of likely N-dealkylation sites (tertiary alicyclic amines) is 1. The zero-order valence-electron chi connectivity index (χ0n) is 16.8. The number of hydrogen-bond donors (Lipinski definition) is 1. The number of rotatable bonds is 7. The molecule has 2 amide bonds. The van der Waals surface area contributed by atoms with E-state index in [0.717, 1.165) is 0 Å². The first-order valence-corrected chi connectivity index (χ1v) is 9.31. The Bertz CT molecular complexity index is 703. The van der Waals surface area contributed by atoms with Crippen molar-refractivity contribution in [3.05, 3.63) is 23.8 Å². The molecule has 2 rings (SSSR count). The maximum Gasteiger partial charge on any atom is 0.323 e. The van der Waals surface area contributed by atoms with E-state index in [1.54, 1.807) is 36.9 Å². The largest absolute Gasteiger partial charge is 0.497 e. The van der Waals surface area contributed by atoms with Crippen LogP contribution in [0.3, 0.4) is 0 Å². The van der Waals surface area contributed by atoms with Crippen LogP contribution in [-0.2, 0) is 9.59 Å². The Kier molecular flexibility index (Phi) is 7.25. The second kappa shape index (κ2) is 9.43.